The fourth-order valence-corrected chi connectivity index (χ4v) is 3.81. The Labute approximate surface area is 150 Å². The van der Waals surface area contributed by atoms with Crippen molar-refractivity contribution in [1.29, 1.82) is 0 Å². The van der Waals surface area contributed by atoms with E-state index in [1.165, 1.54) is 18.6 Å². The molecule has 1 amide bonds. The predicted octanol–water partition coefficient (Wildman–Crippen LogP) is 2.98. The zero-order valence-electron chi connectivity index (χ0n) is 13.7. The quantitative estimate of drug-likeness (QED) is 0.652. The summed E-state index contributed by atoms with van der Waals surface area (Å²) >= 11 is 0. The van der Waals surface area contributed by atoms with Crippen LogP contribution in [0.1, 0.15) is 29.8 Å². The van der Waals surface area contributed by atoms with E-state index >= 15 is 0 Å². The van der Waals surface area contributed by atoms with Crippen LogP contribution < -0.4 is 5.32 Å². The minimum absolute atomic E-state index is 0. The number of nitro benzene ring substituents is 1. The molecule has 1 aromatic carbocycles. The van der Waals surface area contributed by atoms with Crippen molar-refractivity contribution >= 4 is 35.0 Å². The summed E-state index contributed by atoms with van der Waals surface area (Å²) in [4.78, 5) is 24.9. The van der Waals surface area contributed by atoms with Gasteiger partial charge in [0.25, 0.3) is 11.6 Å². The molecule has 8 heteroatoms. The SMILES string of the molecule is Cl.O=C(c1cc2cc([N+](=O)[O-])ccc2o1)N1CCC2(CCNC2)CC1. The Morgan fingerprint density at radius 3 is 2.64 bits per heavy atom. The highest BCUT2D eigenvalue weighted by Crippen LogP contribution is 2.37. The van der Waals surface area contributed by atoms with Crippen molar-refractivity contribution in [3.05, 3.63) is 40.1 Å². The van der Waals surface area contributed by atoms with E-state index in [-0.39, 0.29) is 29.8 Å². The molecule has 0 unspecified atom stereocenters. The van der Waals surface area contributed by atoms with Crippen LogP contribution in [0.5, 0.6) is 0 Å². The number of carbonyl (C=O) groups is 1. The highest BCUT2D eigenvalue weighted by molar-refractivity contribution is 5.96. The molecule has 134 valence electrons. The molecule has 0 aliphatic carbocycles. The molecule has 3 heterocycles. The van der Waals surface area contributed by atoms with Gasteiger partial charge in [-0.2, -0.15) is 0 Å². The summed E-state index contributed by atoms with van der Waals surface area (Å²) in [6.45, 7) is 3.58. The highest BCUT2D eigenvalue weighted by atomic mass is 35.5. The van der Waals surface area contributed by atoms with Gasteiger partial charge in [-0.1, -0.05) is 0 Å². The second-order valence-corrected chi connectivity index (χ2v) is 6.81. The summed E-state index contributed by atoms with van der Waals surface area (Å²) in [6, 6.07) is 5.97. The summed E-state index contributed by atoms with van der Waals surface area (Å²) < 4.78 is 5.61. The largest absolute Gasteiger partial charge is 0.451 e. The molecule has 4 rings (SSSR count). The number of halogens is 1. The molecule has 2 aromatic rings. The van der Waals surface area contributed by atoms with Gasteiger partial charge in [0.2, 0.25) is 0 Å². The number of piperidine rings is 1. The number of furan rings is 1. The van der Waals surface area contributed by atoms with E-state index in [1.54, 1.807) is 12.1 Å². The van der Waals surface area contributed by atoms with Crippen molar-refractivity contribution in [2.45, 2.75) is 19.3 Å². The third-order valence-electron chi connectivity index (χ3n) is 5.36. The van der Waals surface area contributed by atoms with Crippen LogP contribution in [0.2, 0.25) is 0 Å². The van der Waals surface area contributed by atoms with Crippen molar-refractivity contribution in [1.82, 2.24) is 10.2 Å². The van der Waals surface area contributed by atoms with E-state index < -0.39 is 4.92 Å². The minimum atomic E-state index is -0.451. The Hall–Kier alpha value is -2.12. The maximum atomic E-state index is 12.7. The monoisotopic (exact) mass is 365 g/mol. The van der Waals surface area contributed by atoms with Crippen LogP contribution in [-0.2, 0) is 0 Å². The van der Waals surface area contributed by atoms with Gasteiger partial charge in [-0.05, 0) is 43.4 Å². The summed E-state index contributed by atoms with van der Waals surface area (Å²) in [7, 11) is 0. The molecule has 2 saturated heterocycles. The van der Waals surface area contributed by atoms with E-state index in [0.29, 0.717) is 16.4 Å². The second-order valence-electron chi connectivity index (χ2n) is 6.81. The van der Waals surface area contributed by atoms with Gasteiger partial charge >= 0.3 is 0 Å². The number of fused-ring (bicyclic) bond motifs is 1. The molecule has 7 nitrogen and oxygen atoms in total. The molecule has 2 aliphatic heterocycles. The van der Waals surface area contributed by atoms with Crippen LogP contribution >= 0.6 is 12.4 Å². The standard InChI is InChI=1S/C17H19N3O4.ClH/c21-16(19-7-4-17(5-8-19)3-6-18-11-17)15-10-12-9-13(20(22)23)1-2-14(12)24-15;/h1-2,9-10,18H,3-8,11H2;1H. The molecular weight excluding hydrogens is 346 g/mol. The first-order valence-electron chi connectivity index (χ1n) is 8.24. The minimum Gasteiger partial charge on any atom is -0.451 e. The highest BCUT2D eigenvalue weighted by Gasteiger charge is 2.38. The van der Waals surface area contributed by atoms with Gasteiger partial charge in [-0.15, -0.1) is 12.4 Å². The molecule has 0 radical (unpaired) electrons. The van der Waals surface area contributed by atoms with Crippen LogP contribution in [-0.4, -0.2) is 41.9 Å². The maximum Gasteiger partial charge on any atom is 0.289 e. The van der Waals surface area contributed by atoms with E-state index in [9.17, 15) is 14.9 Å². The number of nitro groups is 1. The van der Waals surface area contributed by atoms with Crippen molar-refractivity contribution in [3.8, 4) is 0 Å². The Morgan fingerprint density at radius 2 is 2.00 bits per heavy atom. The molecule has 1 aromatic heterocycles. The van der Waals surface area contributed by atoms with Crippen molar-refractivity contribution < 1.29 is 14.1 Å². The Morgan fingerprint density at radius 1 is 1.24 bits per heavy atom. The molecule has 2 aliphatic rings. The first-order valence-corrected chi connectivity index (χ1v) is 8.24. The average Bonchev–Trinajstić information content (AvgIpc) is 3.21. The number of rotatable bonds is 2. The second kappa shape index (κ2) is 6.65. The smallest absolute Gasteiger partial charge is 0.289 e. The van der Waals surface area contributed by atoms with Crippen LogP contribution in [0.25, 0.3) is 11.0 Å². The summed E-state index contributed by atoms with van der Waals surface area (Å²) in [6.07, 6.45) is 3.21. The van der Waals surface area contributed by atoms with Crippen molar-refractivity contribution in [3.63, 3.8) is 0 Å². The molecule has 2 fully saturated rings. The number of nitrogens with zero attached hydrogens (tertiary/aromatic N) is 2. The fourth-order valence-electron chi connectivity index (χ4n) is 3.81. The topological polar surface area (TPSA) is 88.6 Å². The summed E-state index contributed by atoms with van der Waals surface area (Å²) in [5.74, 6) is 0.126. The van der Waals surface area contributed by atoms with Gasteiger partial charge in [0.1, 0.15) is 5.58 Å². The van der Waals surface area contributed by atoms with E-state index in [2.05, 4.69) is 5.32 Å². The van der Waals surface area contributed by atoms with Gasteiger partial charge in [0, 0.05) is 37.2 Å². The number of amides is 1. The number of hydrogen-bond acceptors (Lipinski definition) is 5. The molecule has 1 spiro atoms. The van der Waals surface area contributed by atoms with E-state index in [0.717, 1.165) is 39.0 Å². The molecule has 0 bridgehead atoms. The number of carbonyl (C=O) groups excluding carboxylic acids is 1. The molecule has 1 N–H and O–H groups in total. The number of hydrogen-bond donors (Lipinski definition) is 1. The number of non-ortho nitro benzene ring substituents is 1. The lowest BCUT2D eigenvalue weighted by atomic mass is 9.78. The zero-order chi connectivity index (χ0) is 16.7. The Bertz CT molecular complexity index is 803. The third kappa shape index (κ3) is 3.21. The average molecular weight is 366 g/mol. The first-order chi connectivity index (χ1) is 11.6. The molecule has 0 atom stereocenters. The number of likely N-dealkylation sites (tertiary alicyclic amines) is 1. The summed E-state index contributed by atoms with van der Waals surface area (Å²) in [5.41, 5.74) is 0.846. The van der Waals surface area contributed by atoms with Crippen molar-refractivity contribution in [2.75, 3.05) is 26.2 Å². The normalized spacial score (nSPS) is 19.1. The van der Waals surface area contributed by atoms with Gasteiger partial charge in [-0.3, -0.25) is 14.9 Å². The lowest BCUT2D eigenvalue weighted by molar-refractivity contribution is -0.384. The van der Waals surface area contributed by atoms with E-state index in [1.807, 2.05) is 4.90 Å². The molecular formula is C17H20ClN3O4. The van der Waals surface area contributed by atoms with Gasteiger partial charge in [0.05, 0.1) is 4.92 Å². The van der Waals surface area contributed by atoms with Gasteiger partial charge in [-0.25, -0.2) is 0 Å². The van der Waals surface area contributed by atoms with Crippen LogP contribution in [0, 0.1) is 15.5 Å². The van der Waals surface area contributed by atoms with Crippen LogP contribution in [0.3, 0.4) is 0 Å². The molecule has 25 heavy (non-hydrogen) atoms. The molecule has 0 saturated carbocycles. The lowest BCUT2D eigenvalue weighted by Gasteiger charge is -2.38. The maximum absolute atomic E-state index is 12.7. The zero-order valence-corrected chi connectivity index (χ0v) is 14.5. The number of benzene rings is 1. The van der Waals surface area contributed by atoms with Crippen LogP contribution in [0.4, 0.5) is 5.69 Å². The Balaban J connectivity index is 0.00000182. The van der Waals surface area contributed by atoms with Crippen molar-refractivity contribution in [2.24, 2.45) is 5.41 Å². The Kier molecular flexibility index (Phi) is 4.71. The third-order valence-corrected chi connectivity index (χ3v) is 5.36. The van der Waals surface area contributed by atoms with Gasteiger partial charge < -0.3 is 14.6 Å². The number of nitrogens with one attached hydrogen (secondary N) is 1. The predicted molar refractivity (Wildman–Crippen MR) is 95.2 cm³/mol. The van der Waals surface area contributed by atoms with Gasteiger partial charge in [0.15, 0.2) is 5.76 Å². The first kappa shape index (κ1) is 17.7. The van der Waals surface area contributed by atoms with E-state index in [4.69, 9.17) is 4.42 Å². The van der Waals surface area contributed by atoms with Crippen LogP contribution in [0.15, 0.2) is 28.7 Å². The fraction of sp³-hybridized carbons (Fsp3) is 0.471. The lowest BCUT2D eigenvalue weighted by Crippen LogP contribution is -2.43. The summed E-state index contributed by atoms with van der Waals surface area (Å²) in [5, 5.41) is 14.8.